The van der Waals surface area contributed by atoms with Gasteiger partial charge in [-0.05, 0) is 72.1 Å². The highest BCUT2D eigenvalue weighted by atomic mass is 32.1. The van der Waals surface area contributed by atoms with Crippen molar-refractivity contribution < 1.29 is 4.42 Å². The van der Waals surface area contributed by atoms with Crippen molar-refractivity contribution in [2.45, 2.75) is 12.8 Å². The van der Waals surface area contributed by atoms with Crippen LogP contribution in [0.25, 0.3) is 109 Å². The first kappa shape index (κ1) is 30.6. The van der Waals surface area contributed by atoms with E-state index in [1.165, 1.54) is 47.6 Å². The van der Waals surface area contributed by atoms with Gasteiger partial charge in [0.2, 0.25) is 0 Å². The molecule has 0 atom stereocenters. The number of aryl methyl sites for hydroxylation is 1. The van der Waals surface area contributed by atoms with Crippen LogP contribution in [0.1, 0.15) is 17.7 Å². The van der Waals surface area contributed by atoms with Crippen LogP contribution in [0.4, 0.5) is 0 Å². The molecule has 5 heteroatoms. The second-order valence-electron chi connectivity index (χ2n) is 14.4. The highest BCUT2D eigenvalue weighted by Gasteiger charge is 2.23. The quantitative estimate of drug-likeness (QED) is 0.182. The third-order valence-electron chi connectivity index (χ3n) is 11.3. The molecule has 258 valence electrons. The van der Waals surface area contributed by atoms with E-state index in [4.69, 9.17) is 14.4 Å². The number of aromatic nitrogens is 3. The zero-order chi connectivity index (χ0) is 36.0. The van der Waals surface area contributed by atoms with Crippen LogP contribution in [0.2, 0.25) is 0 Å². The van der Waals surface area contributed by atoms with Crippen molar-refractivity contribution in [3.05, 3.63) is 169 Å². The smallest absolute Gasteiger partial charge is 0.160 e. The third-order valence-corrected chi connectivity index (χ3v) is 12.5. The largest absolute Gasteiger partial charge is 0.458 e. The van der Waals surface area contributed by atoms with E-state index in [9.17, 15) is 0 Å². The Morgan fingerprint density at radius 1 is 0.582 bits per heavy atom. The second kappa shape index (κ2) is 11.8. The summed E-state index contributed by atoms with van der Waals surface area (Å²) in [5.74, 6) is 1.77. The molecule has 1 aliphatic rings. The number of rotatable bonds is 4. The van der Waals surface area contributed by atoms with Crippen LogP contribution in [-0.2, 0) is 6.42 Å². The lowest BCUT2D eigenvalue weighted by molar-refractivity contribution is 0.548. The Labute approximate surface area is 320 Å². The molecule has 12 rings (SSSR count). The zero-order valence-corrected chi connectivity index (χ0v) is 30.5. The Hall–Kier alpha value is -6.82. The molecule has 0 radical (unpaired) electrons. The number of thiophene rings is 1. The van der Waals surface area contributed by atoms with E-state index in [1.807, 2.05) is 29.5 Å². The monoisotopic (exact) mass is 721 g/mol. The first-order valence-electron chi connectivity index (χ1n) is 18.8. The maximum atomic E-state index is 6.80. The fourth-order valence-corrected chi connectivity index (χ4v) is 9.94. The van der Waals surface area contributed by atoms with Crippen molar-refractivity contribution in [1.29, 1.82) is 0 Å². The van der Waals surface area contributed by atoms with Gasteiger partial charge in [0.15, 0.2) is 11.4 Å². The summed E-state index contributed by atoms with van der Waals surface area (Å²) in [5, 5.41) is 7.20. The summed E-state index contributed by atoms with van der Waals surface area (Å²) in [6.07, 6.45) is 6.40. The number of nitrogens with zero attached hydrogens (tertiary/aromatic N) is 3. The standard InChI is InChI=1S/C50H31N3OS/c1-2-11-30(12-3-1)46-40-15-4-7-18-42(40)51-50(52-46)31-21-24-33(25-22-31)53-43-28-23-32(34-16-10-17-39-36-14-6-9-20-45(36)55-49(34)39)29-41(43)37-26-27-38-35-13-5-8-19-44(35)54-48(38)47(37)53/h1-7,9-18,20-29H,8,19H2. The van der Waals surface area contributed by atoms with E-state index in [1.54, 1.807) is 0 Å². The molecular weight excluding hydrogens is 691 g/mol. The number of allylic oxidation sites excluding steroid dienone is 1. The Bertz CT molecular complexity index is 3370. The number of hydrogen-bond donors (Lipinski definition) is 0. The fourth-order valence-electron chi connectivity index (χ4n) is 8.70. The van der Waals surface area contributed by atoms with E-state index in [0.29, 0.717) is 5.82 Å². The number of hydrogen-bond acceptors (Lipinski definition) is 4. The zero-order valence-electron chi connectivity index (χ0n) is 29.7. The van der Waals surface area contributed by atoms with Gasteiger partial charge in [-0.2, -0.15) is 0 Å². The van der Waals surface area contributed by atoms with Gasteiger partial charge in [0.25, 0.3) is 0 Å². The van der Waals surface area contributed by atoms with E-state index >= 15 is 0 Å². The normalized spacial score (nSPS) is 12.9. The molecule has 0 bridgehead atoms. The Balaban J connectivity index is 1.07. The third kappa shape index (κ3) is 4.63. The van der Waals surface area contributed by atoms with Crippen molar-refractivity contribution >= 4 is 81.3 Å². The molecule has 4 heterocycles. The molecule has 0 amide bonds. The molecule has 0 unspecified atom stereocenters. The molecule has 7 aromatic carbocycles. The maximum absolute atomic E-state index is 6.80. The number of para-hydroxylation sites is 1. The van der Waals surface area contributed by atoms with Crippen LogP contribution in [0.15, 0.2) is 162 Å². The molecule has 4 aromatic heterocycles. The van der Waals surface area contributed by atoms with Crippen LogP contribution >= 0.6 is 11.3 Å². The lowest BCUT2D eigenvalue weighted by atomic mass is 9.99. The average Bonchev–Trinajstić information content (AvgIpc) is 3.93. The second-order valence-corrected chi connectivity index (χ2v) is 15.4. The molecule has 4 nitrogen and oxygen atoms in total. The molecule has 0 aliphatic heterocycles. The van der Waals surface area contributed by atoms with E-state index in [-0.39, 0.29) is 0 Å². The summed E-state index contributed by atoms with van der Waals surface area (Å²) in [6.45, 7) is 0. The van der Waals surface area contributed by atoms with Gasteiger partial charge in [0.1, 0.15) is 5.76 Å². The summed E-state index contributed by atoms with van der Waals surface area (Å²) in [4.78, 5) is 10.2. The van der Waals surface area contributed by atoms with Crippen LogP contribution in [0.3, 0.4) is 0 Å². The van der Waals surface area contributed by atoms with Gasteiger partial charge in [0, 0.05) is 70.5 Å². The van der Waals surface area contributed by atoms with E-state index in [2.05, 4.69) is 150 Å². The molecular formula is C50H31N3OS. The number of benzene rings is 7. The van der Waals surface area contributed by atoms with Crippen molar-refractivity contribution in [2.24, 2.45) is 0 Å². The Morgan fingerprint density at radius 2 is 1.36 bits per heavy atom. The highest BCUT2D eigenvalue weighted by Crippen LogP contribution is 2.44. The van der Waals surface area contributed by atoms with Crippen molar-refractivity contribution in [2.75, 3.05) is 0 Å². The molecule has 0 saturated heterocycles. The molecule has 0 fully saturated rings. The van der Waals surface area contributed by atoms with E-state index in [0.717, 1.165) is 74.0 Å². The van der Waals surface area contributed by atoms with Gasteiger partial charge >= 0.3 is 0 Å². The van der Waals surface area contributed by atoms with E-state index < -0.39 is 0 Å². The SMILES string of the molecule is C1=Cc2c(oc3c2ccc2c4cc(-c5cccc6c5sc5ccccc56)ccc4n(-c4ccc(-c5nc(-c6ccccc6)c6ccccc6n5)cc4)c23)CC1. The molecule has 1 aliphatic carbocycles. The average molecular weight is 722 g/mol. The first-order valence-corrected chi connectivity index (χ1v) is 19.6. The topological polar surface area (TPSA) is 43.9 Å². The van der Waals surface area contributed by atoms with Crippen LogP contribution < -0.4 is 0 Å². The minimum Gasteiger partial charge on any atom is -0.458 e. The molecule has 0 spiro atoms. The summed E-state index contributed by atoms with van der Waals surface area (Å²) >= 11 is 1.87. The van der Waals surface area contributed by atoms with Gasteiger partial charge < -0.3 is 8.98 Å². The highest BCUT2D eigenvalue weighted by molar-refractivity contribution is 7.26. The fraction of sp³-hybridized carbons (Fsp3) is 0.0400. The van der Waals surface area contributed by atoms with Crippen LogP contribution in [0, 0.1) is 0 Å². The predicted molar refractivity (Wildman–Crippen MR) is 230 cm³/mol. The van der Waals surface area contributed by atoms with Gasteiger partial charge in [-0.1, -0.05) is 109 Å². The molecule has 0 saturated carbocycles. The van der Waals surface area contributed by atoms with Gasteiger partial charge in [0.05, 0.1) is 22.2 Å². The van der Waals surface area contributed by atoms with Crippen LogP contribution in [0.5, 0.6) is 0 Å². The van der Waals surface area contributed by atoms with Gasteiger partial charge in [-0.25, -0.2) is 9.97 Å². The minimum atomic E-state index is 0.708. The number of fused-ring (bicyclic) bond motifs is 11. The van der Waals surface area contributed by atoms with Crippen LogP contribution in [-0.4, -0.2) is 14.5 Å². The summed E-state index contributed by atoms with van der Waals surface area (Å²) in [6, 6.07) is 54.3. The predicted octanol–water partition coefficient (Wildman–Crippen LogP) is 13.8. The molecule has 55 heavy (non-hydrogen) atoms. The maximum Gasteiger partial charge on any atom is 0.160 e. The molecule has 11 aromatic rings. The summed E-state index contributed by atoms with van der Waals surface area (Å²) < 4.78 is 11.8. The Kier molecular flexibility index (Phi) is 6.59. The minimum absolute atomic E-state index is 0.708. The number of furan rings is 1. The lowest BCUT2D eigenvalue weighted by Crippen LogP contribution is -1.97. The van der Waals surface area contributed by atoms with Crippen molar-refractivity contribution in [3.63, 3.8) is 0 Å². The van der Waals surface area contributed by atoms with Gasteiger partial charge in [-0.3, -0.25) is 0 Å². The summed E-state index contributed by atoms with van der Waals surface area (Å²) in [7, 11) is 0. The summed E-state index contributed by atoms with van der Waals surface area (Å²) in [5.41, 5.74) is 11.8. The Morgan fingerprint density at radius 3 is 2.27 bits per heavy atom. The lowest BCUT2D eigenvalue weighted by Gasteiger charge is -2.11. The van der Waals surface area contributed by atoms with Crippen molar-refractivity contribution in [1.82, 2.24) is 14.5 Å². The van der Waals surface area contributed by atoms with Crippen molar-refractivity contribution in [3.8, 4) is 39.5 Å². The first-order chi connectivity index (χ1) is 27.3. The molecule has 0 N–H and O–H groups in total. The van der Waals surface area contributed by atoms with Gasteiger partial charge in [-0.15, -0.1) is 11.3 Å².